The molecule has 5 N–H and O–H groups in total. The van der Waals surface area contributed by atoms with Crippen molar-refractivity contribution in [3.8, 4) is 0 Å². The molecule has 1 aromatic carbocycles. The van der Waals surface area contributed by atoms with Gasteiger partial charge in [0.1, 0.15) is 5.92 Å². The van der Waals surface area contributed by atoms with E-state index in [1.165, 1.54) is 12.2 Å². The fraction of sp³-hybridized carbons (Fsp3) is 0.154. The minimum Gasteiger partial charge on any atom is -0.481 e. The van der Waals surface area contributed by atoms with Gasteiger partial charge in [0.15, 0.2) is 5.66 Å². The van der Waals surface area contributed by atoms with Crippen molar-refractivity contribution < 1.29 is 9.90 Å². The Morgan fingerprint density at radius 1 is 1.35 bits per heavy atom. The third-order valence-corrected chi connectivity index (χ3v) is 3.17. The summed E-state index contributed by atoms with van der Waals surface area (Å²) >= 11 is 5.90. The minimum atomic E-state index is -1.57. The van der Waals surface area contributed by atoms with Crippen molar-refractivity contribution in [2.45, 2.75) is 5.66 Å². The maximum absolute atomic E-state index is 11.3. The van der Waals surface area contributed by atoms with Crippen molar-refractivity contribution in [3.05, 3.63) is 53.2 Å². The molecule has 0 amide bonds. The second kappa shape index (κ2) is 5.44. The number of carbonyl (C=O) groups is 1. The van der Waals surface area contributed by atoms with Crippen LogP contribution in [0.15, 0.2) is 63.4 Å². The van der Waals surface area contributed by atoms with Crippen molar-refractivity contribution in [2.24, 2.45) is 27.6 Å². The van der Waals surface area contributed by atoms with Crippen LogP contribution in [0.3, 0.4) is 0 Å². The number of hydrogen-bond donors (Lipinski definition) is 3. The third kappa shape index (κ3) is 2.87. The molecular weight excluding hydrogens is 280 g/mol. The molecule has 2 unspecified atom stereocenters. The normalized spacial score (nSPS) is 26.2. The number of aliphatic carboxylic acids is 1. The predicted octanol–water partition coefficient (Wildman–Crippen LogP) is 2.10. The molecule has 1 aliphatic carbocycles. The van der Waals surface area contributed by atoms with Crippen molar-refractivity contribution in [1.29, 1.82) is 0 Å². The lowest BCUT2D eigenvalue weighted by molar-refractivity contribution is -0.141. The molecule has 20 heavy (non-hydrogen) atoms. The number of hydrogen-bond acceptors (Lipinski definition) is 5. The summed E-state index contributed by atoms with van der Waals surface area (Å²) in [6.07, 6.45) is 2.57. The smallest absolute Gasteiger partial charge is 0.314 e. The molecule has 0 bridgehead atoms. The fourth-order valence-corrected chi connectivity index (χ4v) is 2.01. The molecule has 0 saturated heterocycles. The summed E-state index contributed by atoms with van der Waals surface area (Å²) in [5.41, 5.74) is 10.8. The number of nitrogens with zero attached hydrogens (tertiary/aromatic N) is 2. The minimum absolute atomic E-state index is 0.162. The zero-order valence-electron chi connectivity index (χ0n) is 10.4. The van der Waals surface area contributed by atoms with Crippen molar-refractivity contribution in [2.75, 3.05) is 0 Å². The molecule has 0 aromatic heterocycles. The van der Waals surface area contributed by atoms with Gasteiger partial charge in [-0.1, -0.05) is 29.8 Å². The number of rotatable bonds is 3. The molecule has 104 valence electrons. The van der Waals surface area contributed by atoms with Crippen LogP contribution in [0.2, 0.25) is 0 Å². The Morgan fingerprint density at radius 2 is 2.00 bits per heavy atom. The SMILES string of the molecule is NC1=CC(C(=O)O)C(N)(N=Nc2ccccc2)C=C1Cl. The lowest BCUT2D eigenvalue weighted by atomic mass is 9.88. The van der Waals surface area contributed by atoms with Crippen LogP contribution in [0.5, 0.6) is 0 Å². The molecule has 0 fully saturated rings. The number of azo groups is 1. The maximum atomic E-state index is 11.3. The molecule has 6 nitrogen and oxygen atoms in total. The van der Waals surface area contributed by atoms with Gasteiger partial charge in [-0.15, -0.1) is 0 Å². The predicted molar refractivity (Wildman–Crippen MR) is 75.2 cm³/mol. The summed E-state index contributed by atoms with van der Waals surface area (Å²) in [5.74, 6) is -2.28. The summed E-state index contributed by atoms with van der Waals surface area (Å²) in [5, 5.41) is 17.3. The van der Waals surface area contributed by atoms with Crippen molar-refractivity contribution >= 4 is 23.3 Å². The highest BCUT2D eigenvalue weighted by Gasteiger charge is 2.41. The molecule has 2 atom stereocenters. The number of halogens is 1. The second-order valence-corrected chi connectivity index (χ2v) is 4.76. The summed E-state index contributed by atoms with van der Waals surface area (Å²) in [7, 11) is 0. The fourth-order valence-electron chi connectivity index (χ4n) is 1.77. The summed E-state index contributed by atoms with van der Waals surface area (Å²) in [4.78, 5) is 11.3. The Hall–Kier alpha value is -2.18. The zero-order valence-corrected chi connectivity index (χ0v) is 11.2. The first-order valence-electron chi connectivity index (χ1n) is 5.78. The summed E-state index contributed by atoms with van der Waals surface area (Å²) < 4.78 is 0. The van der Waals surface area contributed by atoms with Crippen LogP contribution in [-0.2, 0) is 4.79 Å². The molecule has 0 heterocycles. The molecule has 0 aliphatic heterocycles. The third-order valence-electron chi connectivity index (χ3n) is 2.84. The molecule has 0 radical (unpaired) electrons. The van der Waals surface area contributed by atoms with Gasteiger partial charge >= 0.3 is 5.97 Å². The molecule has 0 saturated carbocycles. The summed E-state index contributed by atoms with van der Waals surface area (Å²) in [6.45, 7) is 0. The molecule has 1 aliphatic rings. The van der Waals surface area contributed by atoms with Crippen LogP contribution in [0.1, 0.15) is 0 Å². The van der Waals surface area contributed by atoms with E-state index in [0.717, 1.165) is 0 Å². The maximum Gasteiger partial charge on any atom is 0.314 e. The van der Waals surface area contributed by atoms with Gasteiger partial charge in [0.25, 0.3) is 0 Å². The molecule has 1 aromatic rings. The van der Waals surface area contributed by atoms with Gasteiger partial charge in [-0.25, -0.2) is 0 Å². The van der Waals surface area contributed by atoms with Crippen LogP contribution >= 0.6 is 11.6 Å². The Morgan fingerprint density at radius 3 is 2.60 bits per heavy atom. The first kappa shape index (κ1) is 14.2. The number of carboxylic acid groups (broad SMARTS) is 1. The second-order valence-electron chi connectivity index (χ2n) is 4.35. The lowest BCUT2D eigenvalue weighted by Crippen LogP contribution is -2.48. The standard InChI is InChI=1S/C13H13ClN4O2/c14-10-7-13(16,9(12(19)20)6-11(10)15)18-17-8-4-2-1-3-5-8/h1-7,9H,15-16H2,(H,19,20). The highest BCUT2D eigenvalue weighted by molar-refractivity contribution is 6.32. The number of nitrogens with two attached hydrogens (primary N) is 2. The van der Waals surface area contributed by atoms with Crippen LogP contribution in [0, 0.1) is 5.92 Å². The monoisotopic (exact) mass is 292 g/mol. The lowest BCUT2D eigenvalue weighted by Gasteiger charge is -2.29. The first-order chi connectivity index (χ1) is 9.42. The van der Waals surface area contributed by atoms with E-state index in [9.17, 15) is 9.90 Å². The van der Waals surface area contributed by atoms with Crippen LogP contribution < -0.4 is 11.5 Å². The quantitative estimate of drug-likeness (QED) is 0.740. The van der Waals surface area contributed by atoms with Gasteiger partial charge in [0.05, 0.1) is 10.7 Å². The van der Waals surface area contributed by atoms with Crippen molar-refractivity contribution in [3.63, 3.8) is 0 Å². The van der Waals surface area contributed by atoms with Gasteiger partial charge < -0.3 is 16.6 Å². The average molecular weight is 293 g/mol. The number of carboxylic acids is 1. The first-order valence-corrected chi connectivity index (χ1v) is 6.16. The highest BCUT2D eigenvalue weighted by atomic mass is 35.5. The summed E-state index contributed by atoms with van der Waals surface area (Å²) in [6, 6.07) is 8.85. The molecule has 2 rings (SSSR count). The van der Waals surface area contributed by atoms with E-state index in [1.807, 2.05) is 6.07 Å². The Kier molecular flexibility index (Phi) is 3.87. The van der Waals surface area contributed by atoms with Gasteiger partial charge in [-0.05, 0) is 24.3 Å². The Bertz CT molecular complexity index is 612. The average Bonchev–Trinajstić information content (AvgIpc) is 2.42. The van der Waals surface area contributed by atoms with Crippen LogP contribution in [0.4, 0.5) is 5.69 Å². The van der Waals surface area contributed by atoms with Crippen LogP contribution in [0.25, 0.3) is 0 Å². The van der Waals surface area contributed by atoms with E-state index in [0.29, 0.717) is 5.69 Å². The largest absolute Gasteiger partial charge is 0.481 e. The topological polar surface area (TPSA) is 114 Å². The zero-order chi connectivity index (χ0) is 14.8. The van der Waals surface area contributed by atoms with Gasteiger partial charge in [-0.2, -0.15) is 10.2 Å². The van der Waals surface area contributed by atoms with Gasteiger partial charge in [0.2, 0.25) is 0 Å². The van der Waals surface area contributed by atoms with Crippen molar-refractivity contribution in [1.82, 2.24) is 0 Å². The van der Waals surface area contributed by atoms with E-state index >= 15 is 0 Å². The van der Waals surface area contributed by atoms with E-state index in [1.54, 1.807) is 24.3 Å². The van der Waals surface area contributed by atoms with E-state index in [2.05, 4.69) is 10.2 Å². The Labute approximate surface area is 120 Å². The Balaban J connectivity index is 2.36. The molecule has 0 spiro atoms. The number of allylic oxidation sites excluding steroid dienone is 1. The molecule has 7 heteroatoms. The highest BCUT2D eigenvalue weighted by Crippen LogP contribution is 2.32. The van der Waals surface area contributed by atoms with E-state index in [-0.39, 0.29) is 10.7 Å². The van der Waals surface area contributed by atoms with E-state index < -0.39 is 17.6 Å². The number of benzene rings is 1. The van der Waals surface area contributed by atoms with Crippen LogP contribution in [-0.4, -0.2) is 16.7 Å². The molecular formula is C13H13ClN4O2. The van der Waals surface area contributed by atoms with Gasteiger partial charge in [-0.3, -0.25) is 4.79 Å². The van der Waals surface area contributed by atoms with Gasteiger partial charge in [0, 0.05) is 5.70 Å². The van der Waals surface area contributed by atoms with E-state index in [4.69, 9.17) is 23.1 Å².